The van der Waals surface area contributed by atoms with Crippen LogP contribution in [-0.2, 0) is 0 Å². The van der Waals surface area contributed by atoms with E-state index in [4.69, 9.17) is 0 Å². The molecule has 3 aliphatic carbocycles. The molecule has 7 atom stereocenters. The lowest BCUT2D eigenvalue weighted by Crippen LogP contribution is -2.52. The molecular formula is C28H51NO3. The van der Waals surface area contributed by atoms with Crippen molar-refractivity contribution in [2.45, 2.75) is 105 Å². The number of aliphatic hydroxyl groups is 2. The molecule has 0 saturated heterocycles. The molecule has 4 heteroatoms. The van der Waals surface area contributed by atoms with Gasteiger partial charge in [0.15, 0.2) is 0 Å². The Morgan fingerprint density at radius 3 is 2.28 bits per heavy atom. The molecule has 3 aliphatic rings. The van der Waals surface area contributed by atoms with Crippen LogP contribution in [0.1, 0.15) is 105 Å². The molecule has 0 heterocycles. The van der Waals surface area contributed by atoms with E-state index in [1.165, 1.54) is 44.9 Å². The Bertz CT molecular complexity index is 630. The Hall–Kier alpha value is -0.610. The van der Waals surface area contributed by atoms with Gasteiger partial charge in [-0.15, -0.1) is 0 Å². The van der Waals surface area contributed by atoms with Crippen molar-refractivity contribution in [3.8, 4) is 0 Å². The first kappa shape index (κ1) is 26.0. The van der Waals surface area contributed by atoms with E-state index in [9.17, 15) is 15.4 Å². The van der Waals surface area contributed by atoms with Gasteiger partial charge in [0.2, 0.25) is 0 Å². The zero-order chi connectivity index (χ0) is 23.5. The molecule has 0 bridgehead atoms. The lowest BCUT2D eigenvalue weighted by atomic mass is 9.47. The van der Waals surface area contributed by atoms with E-state index in [1.807, 2.05) is 0 Å². The van der Waals surface area contributed by atoms with Crippen molar-refractivity contribution in [1.82, 2.24) is 0 Å². The molecule has 3 N–H and O–H groups in total. The van der Waals surface area contributed by atoms with Crippen LogP contribution < -0.4 is 0 Å². The molecule has 0 spiro atoms. The van der Waals surface area contributed by atoms with Crippen LogP contribution in [0.2, 0.25) is 0 Å². The van der Waals surface area contributed by atoms with Gasteiger partial charge in [-0.3, -0.25) is 0 Å². The monoisotopic (exact) mass is 449 g/mol. The van der Waals surface area contributed by atoms with Crippen molar-refractivity contribution in [2.24, 2.45) is 57.4 Å². The van der Waals surface area contributed by atoms with E-state index < -0.39 is 0 Å². The molecule has 186 valence electrons. The van der Waals surface area contributed by atoms with Crippen molar-refractivity contribution >= 4 is 5.71 Å². The summed E-state index contributed by atoms with van der Waals surface area (Å²) in [6, 6.07) is 0. The molecule has 0 aromatic heterocycles. The minimum absolute atomic E-state index is 0.0311. The lowest BCUT2D eigenvalue weighted by Gasteiger charge is -2.57. The third kappa shape index (κ3) is 4.92. The van der Waals surface area contributed by atoms with E-state index >= 15 is 0 Å². The average molecular weight is 450 g/mol. The maximum Gasteiger partial charge on any atom is 0.0632 e. The van der Waals surface area contributed by atoms with Gasteiger partial charge in [-0.05, 0) is 92.3 Å². The highest BCUT2D eigenvalue weighted by molar-refractivity contribution is 5.90. The normalized spacial score (nSPS) is 39.5. The molecular weight excluding hydrogens is 398 g/mol. The molecule has 0 aromatic carbocycles. The number of rotatable bonds is 10. The number of aliphatic hydroxyl groups excluding tert-OH is 2. The summed E-state index contributed by atoms with van der Waals surface area (Å²) in [7, 11) is 0. The Morgan fingerprint density at radius 1 is 0.938 bits per heavy atom. The second-order valence-electron chi connectivity index (χ2n) is 12.7. The number of oxime groups is 1. The van der Waals surface area contributed by atoms with Gasteiger partial charge in [0.05, 0.1) is 5.71 Å². The summed E-state index contributed by atoms with van der Waals surface area (Å²) in [4.78, 5) is 0. The lowest BCUT2D eigenvalue weighted by molar-refractivity contribution is -0.0468. The predicted molar refractivity (Wildman–Crippen MR) is 132 cm³/mol. The Labute approximate surface area is 197 Å². The van der Waals surface area contributed by atoms with Gasteiger partial charge in [0.1, 0.15) is 0 Å². The van der Waals surface area contributed by atoms with Crippen molar-refractivity contribution in [1.29, 1.82) is 0 Å². The molecule has 3 fully saturated rings. The Morgan fingerprint density at radius 2 is 1.66 bits per heavy atom. The van der Waals surface area contributed by atoms with Crippen molar-refractivity contribution in [3.05, 3.63) is 0 Å². The SMILES string of the molecule is CC(C)CCC[C@@H](C)[C@H]1CC[C@H]2[C@@H]3CC/C(=N/O)[C@](C)(CCC(CO)CO)[C@H]3CC[C@]12C. The van der Waals surface area contributed by atoms with Crippen LogP contribution in [0.4, 0.5) is 0 Å². The summed E-state index contributed by atoms with van der Waals surface area (Å²) in [5, 5.41) is 32.8. The number of nitrogens with zero attached hydrogens (tertiary/aromatic N) is 1. The summed E-state index contributed by atoms with van der Waals surface area (Å²) >= 11 is 0. The third-order valence-corrected chi connectivity index (χ3v) is 10.5. The molecule has 3 saturated carbocycles. The first-order valence-electron chi connectivity index (χ1n) is 13.6. The second-order valence-corrected chi connectivity index (χ2v) is 12.7. The highest BCUT2D eigenvalue weighted by atomic mass is 16.4. The Balaban J connectivity index is 1.74. The van der Waals surface area contributed by atoms with Crippen molar-refractivity contribution in [3.63, 3.8) is 0 Å². The van der Waals surface area contributed by atoms with E-state index in [1.54, 1.807) is 0 Å². The molecule has 0 aliphatic heterocycles. The third-order valence-electron chi connectivity index (χ3n) is 10.5. The van der Waals surface area contributed by atoms with Gasteiger partial charge in [-0.1, -0.05) is 59.0 Å². The maximum absolute atomic E-state index is 9.86. The highest BCUT2D eigenvalue weighted by Gasteiger charge is 2.59. The second kappa shape index (κ2) is 10.8. The molecule has 0 amide bonds. The largest absolute Gasteiger partial charge is 0.411 e. The first-order valence-corrected chi connectivity index (χ1v) is 13.6. The van der Waals surface area contributed by atoms with E-state index in [0.29, 0.717) is 11.3 Å². The molecule has 0 radical (unpaired) electrons. The van der Waals surface area contributed by atoms with Crippen LogP contribution in [0.15, 0.2) is 5.16 Å². The average Bonchev–Trinajstić information content (AvgIpc) is 3.12. The molecule has 0 aromatic rings. The topological polar surface area (TPSA) is 73.1 Å². The van der Waals surface area contributed by atoms with Crippen LogP contribution in [0.5, 0.6) is 0 Å². The number of fused-ring (bicyclic) bond motifs is 3. The summed E-state index contributed by atoms with van der Waals surface area (Å²) in [5.74, 6) is 4.50. The predicted octanol–water partition coefficient (Wildman–Crippen LogP) is 6.52. The minimum Gasteiger partial charge on any atom is -0.411 e. The number of hydrogen-bond donors (Lipinski definition) is 3. The Kier molecular flexibility index (Phi) is 8.74. The molecule has 4 nitrogen and oxygen atoms in total. The zero-order valence-electron chi connectivity index (χ0n) is 21.5. The van der Waals surface area contributed by atoms with Crippen molar-refractivity contribution in [2.75, 3.05) is 13.2 Å². The van der Waals surface area contributed by atoms with Crippen LogP contribution in [0.25, 0.3) is 0 Å². The maximum atomic E-state index is 9.86. The summed E-state index contributed by atoms with van der Waals surface area (Å²) < 4.78 is 0. The van der Waals surface area contributed by atoms with Gasteiger partial charge >= 0.3 is 0 Å². The van der Waals surface area contributed by atoms with Crippen LogP contribution in [0.3, 0.4) is 0 Å². The van der Waals surface area contributed by atoms with Gasteiger partial charge in [0, 0.05) is 24.5 Å². The van der Waals surface area contributed by atoms with Gasteiger partial charge in [0.25, 0.3) is 0 Å². The van der Waals surface area contributed by atoms with Crippen LogP contribution in [-0.4, -0.2) is 34.3 Å². The van der Waals surface area contributed by atoms with Crippen molar-refractivity contribution < 1.29 is 15.4 Å². The van der Waals surface area contributed by atoms with Gasteiger partial charge < -0.3 is 15.4 Å². The van der Waals surface area contributed by atoms with E-state index in [2.05, 4.69) is 39.8 Å². The fourth-order valence-corrected chi connectivity index (χ4v) is 8.55. The van der Waals surface area contributed by atoms with Crippen LogP contribution >= 0.6 is 0 Å². The highest BCUT2D eigenvalue weighted by Crippen LogP contribution is 2.66. The van der Waals surface area contributed by atoms with Gasteiger partial charge in [-0.2, -0.15) is 0 Å². The minimum atomic E-state index is -0.109. The van der Waals surface area contributed by atoms with Crippen LogP contribution in [0, 0.1) is 52.3 Å². The fourth-order valence-electron chi connectivity index (χ4n) is 8.55. The zero-order valence-corrected chi connectivity index (χ0v) is 21.5. The van der Waals surface area contributed by atoms with E-state index in [0.717, 1.165) is 61.0 Å². The summed E-state index contributed by atoms with van der Waals surface area (Å²) in [5.41, 5.74) is 1.32. The summed E-state index contributed by atoms with van der Waals surface area (Å²) in [6.45, 7) is 12.2. The van der Waals surface area contributed by atoms with Gasteiger partial charge in [-0.25, -0.2) is 0 Å². The molecule has 0 unspecified atom stereocenters. The first-order chi connectivity index (χ1) is 15.2. The standard InChI is InChI=1S/C28H51NO3/c1-19(2)7-6-8-20(3)23-10-11-24-22-9-12-26(29-32)28(5,15-13-21(17-30)18-31)25(22)14-16-27(23,24)4/h19-25,30-32H,6-18H2,1-5H3/b29-26-/t20-,22+,23-,24+,25+,27-,28-/m1/s1. The fraction of sp³-hybridized carbons (Fsp3) is 0.964. The van der Waals surface area contributed by atoms with E-state index in [-0.39, 0.29) is 24.5 Å². The summed E-state index contributed by atoms with van der Waals surface area (Å²) in [6.07, 6.45) is 13.1. The molecule has 32 heavy (non-hydrogen) atoms. The quantitative estimate of drug-likeness (QED) is 0.262. The number of hydrogen-bond acceptors (Lipinski definition) is 4. The smallest absolute Gasteiger partial charge is 0.0632 e. The molecule has 3 rings (SSSR count).